The van der Waals surface area contributed by atoms with E-state index < -0.39 is 12.2 Å². The Morgan fingerprint density at radius 3 is 2.69 bits per heavy atom. The Kier molecular flexibility index (Phi) is 11.7. The molecule has 2 aromatic carbocycles. The first-order chi connectivity index (χ1) is 17.5. The smallest absolute Gasteiger partial charge is 0.311 e. The lowest BCUT2D eigenvalue weighted by atomic mass is 9.91. The van der Waals surface area contributed by atoms with Crippen molar-refractivity contribution in [3.8, 4) is 5.75 Å². The van der Waals surface area contributed by atoms with Gasteiger partial charge in [-0.1, -0.05) is 54.6 Å². The molecule has 0 spiro atoms. The van der Waals surface area contributed by atoms with Crippen molar-refractivity contribution in [3.63, 3.8) is 0 Å². The lowest BCUT2D eigenvalue weighted by Gasteiger charge is -2.18. The minimum atomic E-state index is -0.714. The average molecular weight is 513 g/mol. The number of carbonyl (C=O) groups excluding carboxylic acids is 2. The number of hydrogen-bond donors (Lipinski definition) is 2. The maximum absolute atomic E-state index is 12.5. The van der Waals surface area contributed by atoms with E-state index in [1.165, 1.54) is 0 Å². The van der Waals surface area contributed by atoms with Crippen molar-refractivity contribution in [2.24, 2.45) is 11.8 Å². The first kappa shape index (κ1) is 28.1. The number of ether oxygens (including phenoxy) is 2. The Morgan fingerprint density at radius 1 is 1.14 bits per heavy atom. The zero-order valence-corrected chi connectivity index (χ0v) is 21.6. The standard InChI is InChI=1S/C29H36O6S/c1-34-20-22-8-5-7-21(17-22)18-23(30)12-13-25-26(28(32)19-27(25)31)14-16-36-15-6-11-29(33)35-24-9-3-2-4-10-24/h2-5,7-10,12-13,17,23,25-27,30-31H,6,11,14-16,18-20H2,1H3/b13-12+/t23-,25+,26-,27-/m1/s1. The molecule has 1 fully saturated rings. The molecule has 36 heavy (non-hydrogen) atoms. The molecule has 0 saturated heterocycles. The molecule has 0 radical (unpaired) electrons. The monoisotopic (exact) mass is 512 g/mol. The molecule has 194 valence electrons. The maximum atomic E-state index is 12.5. The summed E-state index contributed by atoms with van der Waals surface area (Å²) < 4.78 is 10.5. The fourth-order valence-corrected chi connectivity index (χ4v) is 5.45. The highest BCUT2D eigenvalue weighted by Gasteiger charge is 2.39. The second-order valence-electron chi connectivity index (χ2n) is 9.12. The third-order valence-corrected chi connectivity index (χ3v) is 7.35. The quantitative estimate of drug-likeness (QED) is 0.168. The summed E-state index contributed by atoms with van der Waals surface area (Å²) in [5, 5.41) is 20.9. The first-order valence-electron chi connectivity index (χ1n) is 12.4. The van der Waals surface area contributed by atoms with Crippen LogP contribution in [0.25, 0.3) is 0 Å². The van der Waals surface area contributed by atoms with E-state index in [0.717, 1.165) is 22.6 Å². The van der Waals surface area contributed by atoms with Gasteiger partial charge in [0, 0.05) is 38.2 Å². The minimum absolute atomic E-state index is 0.0749. The molecule has 1 aliphatic rings. The summed E-state index contributed by atoms with van der Waals surface area (Å²) in [5.74, 6) is 1.43. The highest BCUT2D eigenvalue weighted by atomic mass is 32.2. The summed E-state index contributed by atoms with van der Waals surface area (Å²) in [6.07, 6.45) is 4.44. The Hall–Kier alpha value is -2.45. The molecule has 0 heterocycles. The zero-order chi connectivity index (χ0) is 25.8. The van der Waals surface area contributed by atoms with Crippen LogP contribution in [0, 0.1) is 11.8 Å². The van der Waals surface area contributed by atoms with Gasteiger partial charge in [-0.25, -0.2) is 0 Å². The van der Waals surface area contributed by atoms with E-state index in [0.29, 0.717) is 38.0 Å². The number of benzene rings is 2. The van der Waals surface area contributed by atoms with E-state index in [1.807, 2.05) is 48.5 Å². The van der Waals surface area contributed by atoms with Crippen LogP contribution in [0.3, 0.4) is 0 Å². The lowest BCUT2D eigenvalue weighted by Crippen LogP contribution is -2.20. The largest absolute Gasteiger partial charge is 0.427 e. The van der Waals surface area contributed by atoms with E-state index in [4.69, 9.17) is 9.47 Å². The molecule has 7 heteroatoms. The van der Waals surface area contributed by atoms with Crippen LogP contribution in [0.5, 0.6) is 5.75 Å². The molecule has 0 unspecified atom stereocenters. The predicted molar refractivity (Wildman–Crippen MR) is 142 cm³/mol. The average Bonchev–Trinajstić information content (AvgIpc) is 3.12. The molecule has 0 aromatic heterocycles. The van der Waals surface area contributed by atoms with Crippen LogP contribution in [0.1, 0.15) is 36.8 Å². The Bertz CT molecular complexity index is 992. The van der Waals surface area contributed by atoms with Gasteiger partial charge in [-0.05, 0) is 47.6 Å². The fraction of sp³-hybridized carbons (Fsp3) is 0.448. The molecule has 3 rings (SSSR count). The van der Waals surface area contributed by atoms with Gasteiger partial charge in [-0.3, -0.25) is 9.59 Å². The van der Waals surface area contributed by atoms with E-state index in [1.54, 1.807) is 37.1 Å². The summed E-state index contributed by atoms with van der Waals surface area (Å²) in [4.78, 5) is 24.4. The highest BCUT2D eigenvalue weighted by Crippen LogP contribution is 2.34. The van der Waals surface area contributed by atoms with Crippen LogP contribution in [-0.4, -0.2) is 52.8 Å². The molecule has 0 bridgehead atoms. The molecule has 2 aromatic rings. The van der Waals surface area contributed by atoms with Crippen LogP contribution in [0.2, 0.25) is 0 Å². The van der Waals surface area contributed by atoms with Gasteiger partial charge in [0.15, 0.2) is 0 Å². The van der Waals surface area contributed by atoms with E-state index in [-0.39, 0.29) is 30.0 Å². The first-order valence-corrected chi connectivity index (χ1v) is 13.6. The van der Waals surface area contributed by atoms with Crippen LogP contribution in [-0.2, 0) is 27.4 Å². The van der Waals surface area contributed by atoms with Gasteiger partial charge in [0.2, 0.25) is 0 Å². The van der Waals surface area contributed by atoms with Crippen LogP contribution >= 0.6 is 11.8 Å². The summed E-state index contributed by atoms with van der Waals surface area (Å²) in [7, 11) is 1.65. The number of Topliss-reactive ketones (excluding diaryl/α,β-unsaturated/α-hetero) is 1. The number of carbonyl (C=O) groups is 2. The molecule has 0 amide bonds. The van der Waals surface area contributed by atoms with Crippen LogP contribution in [0.15, 0.2) is 66.7 Å². The molecular formula is C29H36O6S. The van der Waals surface area contributed by atoms with Crippen molar-refractivity contribution in [3.05, 3.63) is 77.9 Å². The van der Waals surface area contributed by atoms with Crippen molar-refractivity contribution < 1.29 is 29.3 Å². The molecule has 2 N–H and O–H groups in total. The number of aliphatic hydroxyl groups is 2. The molecular weight excluding hydrogens is 476 g/mol. The van der Waals surface area contributed by atoms with Gasteiger partial charge >= 0.3 is 5.97 Å². The molecule has 4 atom stereocenters. The second-order valence-corrected chi connectivity index (χ2v) is 10.3. The van der Waals surface area contributed by atoms with Gasteiger partial charge in [0.25, 0.3) is 0 Å². The van der Waals surface area contributed by atoms with E-state index in [9.17, 15) is 19.8 Å². The molecule has 6 nitrogen and oxygen atoms in total. The summed E-state index contributed by atoms with van der Waals surface area (Å²) in [6.45, 7) is 0.521. The second kappa shape index (κ2) is 15.0. The lowest BCUT2D eigenvalue weighted by molar-refractivity contribution is -0.134. The highest BCUT2D eigenvalue weighted by molar-refractivity contribution is 7.99. The normalized spacial score (nSPS) is 20.6. The van der Waals surface area contributed by atoms with Crippen molar-refractivity contribution in [2.45, 2.75) is 50.9 Å². The van der Waals surface area contributed by atoms with Crippen molar-refractivity contribution in [1.82, 2.24) is 0 Å². The van der Waals surface area contributed by atoms with Gasteiger partial charge in [-0.15, -0.1) is 0 Å². The van der Waals surface area contributed by atoms with E-state index >= 15 is 0 Å². The number of hydrogen-bond acceptors (Lipinski definition) is 7. The topological polar surface area (TPSA) is 93.1 Å². The summed E-state index contributed by atoms with van der Waals surface area (Å²) in [6, 6.07) is 16.9. The summed E-state index contributed by atoms with van der Waals surface area (Å²) in [5.41, 5.74) is 2.05. The third kappa shape index (κ3) is 9.21. The van der Waals surface area contributed by atoms with Gasteiger partial charge in [-0.2, -0.15) is 11.8 Å². The number of thioether (sulfide) groups is 1. The van der Waals surface area contributed by atoms with Crippen LogP contribution < -0.4 is 4.74 Å². The number of para-hydroxylation sites is 1. The predicted octanol–water partition coefficient (Wildman–Crippen LogP) is 4.37. The SMILES string of the molecule is COCc1cccc(C[C@H](O)/C=C/[C@@H]2[C@H](O)CC(=O)[C@@H]2CCSCCCC(=O)Oc2ccccc2)c1. The molecule has 0 aliphatic heterocycles. The zero-order valence-electron chi connectivity index (χ0n) is 20.8. The van der Waals surface area contributed by atoms with Crippen LogP contribution in [0.4, 0.5) is 0 Å². The summed E-state index contributed by atoms with van der Waals surface area (Å²) >= 11 is 1.70. The van der Waals surface area contributed by atoms with Gasteiger partial charge in [0.1, 0.15) is 11.5 Å². The third-order valence-electron chi connectivity index (χ3n) is 6.25. The number of methoxy groups -OCH3 is 1. The Morgan fingerprint density at radius 2 is 1.92 bits per heavy atom. The fourth-order valence-electron chi connectivity index (χ4n) is 4.47. The molecule has 1 saturated carbocycles. The Balaban J connectivity index is 1.39. The Labute approximate surface area is 217 Å². The number of ketones is 1. The minimum Gasteiger partial charge on any atom is -0.427 e. The van der Waals surface area contributed by atoms with Crippen molar-refractivity contribution >= 4 is 23.5 Å². The van der Waals surface area contributed by atoms with Gasteiger partial charge < -0.3 is 19.7 Å². The molecule has 1 aliphatic carbocycles. The number of aliphatic hydroxyl groups excluding tert-OH is 2. The maximum Gasteiger partial charge on any atom is 0.311 e. The number of rotatable bonds is 14. The number of esters is 1. The van der Waals surface area contributed by atoms with Crippen molar-refractivity contribution in [2.75, 3.05) is 18.6 Å². The van der Waals surface area contributed by atoms with E-state index in [2.05, 4.69) is 0 Å². The van der Waals surface area contributed by atoms with Crippen molar-refractivity contribution in [1.29, 1.82) is 0 Å². The van der Waals surface area contributed by atoms with Gasteiger partial charge in [0.05, 0.1) is 18.8 Å².